The van der Waals surface area contributed by atoms with Crippen LogP contribution >= 0.6 is 0 Å². The molecule has 7 heteroatoms. The van der Waals surface area contributed by atoms with Crippen molar-refractivity contribution in [1.29, 1.82) is 0 Å². The molecule has 0 aromatic heterocycles. The molecule has 20 heavy (non-hydrogen) atoms. The molecule has 0 heterocycles. The molecule has 3 N–H and O–H groups in total. The largest absolute Gasteiger partial charge is 0.399 e. The van der Waals surface area contributed by atoms with Gasteiger partial charge in [-0.25, -0.2) is 12.8 Å². The quantitative estimate of drug-likeness (QED) is 0.779. The summed E-state index contributed by atoms with van der Waals surface area (Å²) in [5, 5.41) is 2.57. The Labute approximate surface area is 118 Å². The number of benzene rings is 1. The van der Waals surface area contributed by atoms with Gasteiger partial charge in [0.2, 0.25) is 5.91 Å². The fourth-order valence-electron chi connectivity index (χ4n) is 1.84. The Kier molecular flexibility index (Phi) is 5.50. The molecule has 1 unspecified atom stereocenters. The van der Waals surface area contributed by atoms with Crippen molar-refractivity contribution in [3.63, 3.8) is 0 Å². The molecule has 0 aliphatic heterocycles. The highest BCUT2D eigenvalue weighted by molar-refractivity contribution is 7.92. The molecule has 5 nitrogen and oxygen atoms in total. The van der Waals surface area contributed by atoms with Crippen molar-refractivity contribution in [2.75, 3.05) is 11.5 Å². The summed E-state index contributed by atoms with van der Waals surface area (Å²) in [6.07, 6.45) is 1.63. The van der Waals surface area contributed by atoms with Gasteiger partial charge in [-0.05, 0) is 31.5 Å². The van der Waals surface area contributed by atoms with Gasteiger partial charge in [-0.15, -0.1) is 0 Å². The van der Waals surface area contributed by atoms with Gasteiger partial charge in [0.05, 0.1) is 0 Å². The Morgan fingerprint density at radius 1 is 1.45 bits per heavy atom. The minimum Gasteiger partial charge on any atom is -0.399 e. The van der Waals surface area contributed by atoms with E-state index < -0.39 is 32.2 Å². The Balaban J connectivity index is 2.82. The number of amides is 1. The molecule has 0 saturated heterocycles. The maximum absolute atomic E-state index is 13.6. The van der Waals surface area contributed by atoms with Crippen LogP contribution in [0.15, 0.2) is 23.1 Å². The monoisotopic (exact) mass is 302 g/mol. The Bertz CT molecular complexity index is 587. The summed E-state index contributed by atoms with van der Waals surface area (Å²) in [4.78, 5) is 11.1. The van der Waals surface area contributed by atoms with E-state index in [1.54, 1.807) is 6.92 Å². The first-order chi connectivity index (χ1) is 9.26. The predicted octanol–water partition coefficient (Wildman–Crippen LogP) is 1.49. The fraction of sp³-hybridized carbons (Fsp3) is 0.462. The number of anilines is 1. The van der Waals surface area contributed by atoms with Gasteiger partial charge in [0.1, 0.15) is 16.5 Å². The molecule has 0 saturated carbocycles. The van der Waals surface area contributed by atoms with Gasteiger partial charge in [0.25, 0.3) is 0 Å². The number of nitrogens with one attached hydrogen (secondary N) is 1. The lowest BCUT2D eigenvalue weighted by molar-refractivity contribution is -0.119. The number of nitrogen functional groups attached to an aromatic ring is 1. The van der Waals surface area contributed by atoms with Gasteiger partial charge in [0, 0.05) is 11.7 Å². The highest BCUT2D eigenvalue weighted by atomic mass is 32.2. The van der Waals surface area contributed by atoms with Crippen LogP contribution in [0.25, 0.3) is 0 Å². The highest BCUT2D eigenvalue weighted by Gasteiger charge is 2.23. The van der Waals surface area contributed by atoms with Crippen LogP contribution in [0.5, 0.6) is 0 Å². The minimum absolute atomic E-state index is 0.112. The van der Waals surface area contributed by atoms with Crippen LogP contribution in [0.4, 0.5) is 10.1 Å². The number of rotatable bonds is 6. The summed E-state index contributed by atoms with van der Waals surface area (Å²) in [7, 11) is -4.01. The summed E-state index contributed by atoms with van der Waals surface area (Å²) in [6, 6.07) is 3.17. The number of carbonyl (C=O) groups excluding carboxylic acids is 1. The molecule has 0 radical (unpaired) electrons. The smallest absolute Gasteiger partial charge is 0.235 e. The van der Waals surface area contributed by atoms with E-state index in [1.807, 2.05) is 6.92 Å². The second kappa shape index (κ2) is 6.69. The van der Waals surface area contributed by atoms with Crippen molar-refractivity contribution < 1.29 is 17.6 Å². The molecule has 1 amide bonds. The third kappa shape index (κ3) is 4.48. The molecule has 112 valence electrons. The van der Waals surface area contributed by atoms with Crippen LogP contribution < -0.4 is 11.1 Å². The zero-order valence-electron chi connectivity index (χ0n) is 11.5. The molecule has 0 aliphatic rings. The average molecular weight is 302 g/mol. The highest BCUT2D eigenvalue weighted by Crippen LogP contribution is 2.18. The number of sulfone groups is 1. The molecule has 1 aromatic rings. The molecule has 0 aliphatic carbocycles. The second-order valence-corrected chi connectivity index (χ2v) is 6.66. The van der Waals surface area contributed by atoms with E-state index in [1.165, 1.54) is 6.07 Å². The molecule has 1 rings (SSSR count). The SMILES string of the molecule is CCCC(C)NC(=O)CS(=O)(=O)c1ccc(N)cc1F. The zero-order valence-corrected chi connectivity index (χ0v) is 12.3. The van der Waals surface area contributed by atoms with E-state index in [9.17, 15) is 17.6 Å². The van der Waals surface area contributed by atoms with E-state index in [4.69, 9.17) is 5.73 Å². The van der Waals surface area contributed by atoms with Gasteiger partial charge < -0.3 is 11.1 Å². The van der Waals surface area contributed by atoms with Crippen LogP contribution in [-0.4, -0.2) is 26.1 Å². The minimum atomic E-state index is -4.01. The van der Waals surface area contributed by atoms with E-state index in [0.717, 1.165) is 25.0 Å². The first-order valence-electron chi connectivity index (χ1n) is 6.33. The average Bonchev–Trinajstić information content (AvgIpc) is 2.26. The molecular weight excluding hydrogens is 283 g/mol. The number of nitrogens with two attached hydrogens (primary N) is 1. The first-order valence-corrected chi connectivity index (χ1v) is 7.98. The van der Waals surface area contributed by atoms with Gasteiger partial charge in [-0.1, -0.05) is 13.3 Å². The normalized spacial score (nSPS) is 12.9. The van der Waals surface area contributed by atoms with Gasteiger partial charge in [-0.3, -0.25) is 4.79 Å². The molecule has 0 fully saturated rings. The van der Waals surface area contributed by atoms with Crippen LogP contribution in [0.1, 0.15) is 26.7 Å². The summed E-state index contributed by atoms with van der Waals surface area (Å²) in [6.45, 7) is 3.75. The van der Waals surface area contributed by atoms with Crippen LogP contribution in [0, 0.1) is 5.82 Å². The lowest BCUT2D eigenvalue weighted by Gasteiger charge is -2.13. The van der Waals surface area contributed by atoms with Crippen LogP contribution in [0.2, 0.25) is 0 Å². The summed E-state index contributed by atoms with van der Waals surface area (Å²) >= 11 is 0. The molecule has 0 bridgehead atoms. The van der Waals surface area contributed by atoms with Gasteiger partial charge in [0.15, 0.2) is 9.84 Å². The van der Waals surface area contributed by atoms with Crippen molar-refractivity contribution in [2.45, 2.75) is 37.6 Å². The third-order valence-corrected chi connectivity index (χ3v) is 4.38. The first kappa shape index (κ1) is 16.4. The van der Waals surface area contributed by atoms with Crippen LogP contribution in [0.3, 0.4) is 0 Å². The standard InChI is InChI=1S/C13H19FN2O3S/c1-3-4-9(2)16-13(17)8-20(18,19)12-6-5-10(15)7-11(12)14/h5-7,9H,3-4,8,15H2,1-2H3,(H,16,17). The summed E-state index contributed by atoms with van der Waals surface area (Å²) in [5.74, 6) is -2.36. The van der Waals surface area contributed by atoms with Crippen molar-refractivity contribution >= 4 is 21.4 Å². The Morgan fingerprint density at radius 2 is 2.10 bits per heavy atom. The third-order valence-electron chi connectivity index (χ3n) is 2.74. The fourth-order valence-corrected chi connectivity index (χ4v) is 3.06. The topological polar surface area (TPSA) is 89.3 Å². The number of hydrogen-bond acceptors (Lipinski definition) is 4. The van der Waals surface area contributed by atoms with Crippen molar-refractivity contribution in [3.05, 3.63) is 24.0 Å². The van der Waals surface area contributed by atoms with Crippen molar-refractivity contribution in [2.24, 2.45) is 0 Å². The summed E-state index contributed by atoms with van der Waals surface area (Å²) in [5.41, 5.74) is 5.48. The number of carbonyl (C=O) groups is 1. The van der Waals surface area contributed by atoms with Crippen LogP contribution in [-0.2, 0) is 14.6 Å². The van der Waals surface area contributed by atoms with Crippen molar-refractivity contribution in [1.82, 2.24) is 5.32 Å². The summed E-state index contributed by atoms with van der Waals surface area (Å²) < 4.78 is 37.5. The van der Waals surface area contributed by atoms with Gasteiger partial charge in [-0.2, -0.15) is 0 Å². The molecule has 1 aromatic carbocycles. The molecule has 0 spiro atoms. The number of halogens is 1. The maximum Gasteiger partial charge on any atom is 0.235 e. The Hall–Kier alpha value is -1.63. The molecular formula is C13H19FN2O3S. The van der Waals surface area contributed by atoms with E-state index in [-0.39, 0.29) is 11.7 Å². The maximum atomic E-state index is 13.6. The molecule has 1 atom stereocenters. The van der Waals surface area contributed by atoms with E-state index in [2.05, 4.69) is 5.32 Å². The Morgan fingerprint density at radius 3 is 2.65 bits per heavy atom. The zero-order chi connectivity index (χ0) is 15.3. The lowest BCUT2D eigenvalue weighted by atomic mass is 10.2. The predicted molar refractivity (Wildman–Crippen MR) is 75.4 cm³/mol. The van der Waals surface area contributed by atoms with E-state index in [0.29, 0.717) is 0 Å². The van der Waals surface area contributed by atoms with Gasteiger partial charge >= 0.3 is 0 Å². The number of hydrogen-bond donors (Lipinski definition) is 2. The van der Waals surface area contributed by atoms with E-state index >= 15 is 0 Å². The van der Waals surface area contributed by atoms with Crippen molar-refractivity contribution in [3.8, 4) is 0 Å². The second-order valence-electron chi connectivity index (χ2n) is 4.71. The lowest BCUT2D eigenvalue weighted by Crippen LogP contribution is -2.36.